The van der Waals surface area contributed by atoms with Crippen molar-refractivity contribution in [2.75, 3.05) is 7.11 Å². The standard InChI is InChI=1S/C14H14N2O5S/c1-21-12-7-8-14(13(9-12)16(17)18)22(19,20)15-10-11-5-3-2-4-6-11/h2-9,15H,10H2,1H3. The Morgan fingerprint density at radius 3 is 2.45 bits per heavy atom. The molecular weight excluding hydrogens is 308 g/mol. The minimum atomic E-state index is -4.01. The molecule has 1 N–H and O–H groups in total. The third kappa shape index (κ3) is 3.60. The van der Waals surface area contributed by atoms with Gasteiger partial charge in [-0.25, -0.2) is 13.1 Å². The molecule has 0 aliphatic heterocycles. The lowest BCUT2D eigenvalue weighted by Gasteiger charge is -2.08. The summed E-state index contributed by atoms with van der Waals surface area (Å²) in [7, 11) is -2.66. The molecule has 7 nitrogen and oxygen atoms in total. The molecule has 8 heteroatoms. The van der Waals surface area contributed by atoms with Gasteiger partial charge < -0.3 is 4.74 Å². The summed E-state index contributed by atoms with van der Waals surface area (Å²) >= 11 is 0. The molecule has 0 unspecified atom stereocenters. The first-order valence-electron chi connectivity index (χ1n) is 6.30. The van der Waals surface area contributed by atoms with Gasteiger partial charge in [0.15, 0.2) is 4.90 Å². The zero-order chi connectivity index (χ0) is 16.2. The van der Waals surface area contributed by atoms with E-state index in [0.29, 0.717) is 0 Å². The number of benzene rings is 2. The predicted molar refractivity (Wildman–Crippen MR) is 80.1 cm³/mol. The Morgan fingerprint density at radius 2 is 1.86 bits per heavy atom. The highest BCUT2D eigenvalue weighted by Crippen LogP contribution is 2.28. The van der Waals surface area contributed by atoms with Crippen LogP contribution in [0.4, 0.5) is 5.69 Å². The highest BCUT2D eigenvalue weighted by molar-refractivity contribution is 7.89. The minimum Gasteiger partial charge on any atom is -0.497 e. The monoisotopic (exact) mass is 322 g/mol. The van der Waals surface area contributed by atoms with Crippen molar-refractivity contribution in [2.24, 2.45) is 0 Å². The van der Waals surface area contributed by atoms with Gasteiger partial charge in [0, 0.05) is 6.54 Å². The number of rotatable bonds is 6. The average molecular weight is 322 g/mol. The Kier molecular flexibility index (Phi) is 4.74. The van der Waals surface area contributed by atoms with Gasteiger partial charge in [0.25, 0.3) is 5.69 Å². The van der Waals surface area contributed by atoms with Crippen LogP contribution < -0.4 is 9.46 Å². The maximum atomic E-state index is 12.3. The minimum absolute atomic E-state index is 0.0480. The number of nitrogens with zero attached hydrogens (tertiary/aromatic N) is 1. The molecule has 0 fully saturated rings. The lowest BCUT2D eigenvalue weighted by atomic mass is 10.2. The van der Waals surface area contributed by atoms with Crippen LogP contribution in [-0.4, -0.2) is 20.5 Å². The maximum Gasteiger partial charge on any atom is 0.293 e. The fourth-order valence-electron chi connectivity index (χ4n) is 1.85. The van der Waals surface area contributed by atoms with E-state index in [1.54, 1.807) is 24.3 Å². The molecule has 116 valence electrons. The van der Waals surface area contributed by atoms with Crippen LogP contribution in [0.1, 0.15) is 5.56 Å². The molecule has 2 rings (SSSR count). The van der Waals surface area contributed by atoms with E-state index in [9.17, 15) is 18.5 Å². The second-order valence-electron chi connectivity index (χ2n) is 4.40. The van der Waals surface area contributed by atoms with Crippen molar-refractivity contribution in [3.8, 4) is 5.75 Å². The van der Waals surface area contributed by atoms with Gasteiger partial charge in [-0.1, -0.05) is 30.3 Å². The van der Waals surface area contributed by atoms with Gasteiger partial charge in [-0.3, -0.25) is 10.1 Å². The first kappa shape index (κ1) is 15.9. The van der Waals surface area contributed by atoms with Gasteiger partial charge in [-0.15, -0.1) is 0 Å². The summed E-state index contributed by atoms with van der Waals surface area (Å²) in [4.78, 5) is 9.92. The van der Waals surface area contributed by atoms with Crippen LogP contribution in [-0.2, 0) is 16.6 Å². The molecule has 0 heterocycles. The van der Waals surface area contributed by atoms with E-state index < -0.39 is 25.5 Å². The molecule has 0 spiro atoms. The maximum absolute atomic E-state index is 12.3. The molecular formula is C14H14N2O5S. The van der Waals surface area contributed by atoms with Gasteiger partial charge in [-0.05, 0) is 17.7 Å². The Hall–Kier alpha value is -2.45. The lowest BCUT2D eigenvalue weighted by molar-refractivity contribution is -0.387. The molecule has 2 aromatic carbocycles. The van der Waals surface area contributed by atoms with Crippen LogP contribution in [0.3, 0.4) is 0 Å². The number of nitrogens with one attached hydrogen (secondary N) is 1. The third-order valence-electron chi connectivity index (χ3n) is 2.96. The second kappa shape index (κ2) is 6.54. The van der Waals surface area contributed by atoms with Crippen LogP contribution in [0.5, 0.6) is 5.75 Å². The number of sulfonamides is 1. The number of hydrogen-bond donors (Lipinski definition) is 1. The van der Waals surface area contributed by atoms with E-state index in [2.05, 4.69) is 4.72 Å². The van der Waals surface area contributed by atoms with Crippen molar-refractivity contribution in [1.29, 1.82) is 0 Å². The normalized spacial score (nSPS) is 11.1. The van der Waals surface area contributed by atoms with E-state index in [4.69, 9.17) is 4.74 Å². The summed E-state index contributed by atoms with van der Waals surface area (Å²) in [6.45, 7) is 0.0480. The van der Waals surface area contributed by atoms with E-state index in [-0.39, 0.29) is 12.3 Å². The predicted octanol–water partition coefficient (Wildman–Crippen LogP) is 2.08. The summed E-state index contributed by atoms with van der Waals surface area (Å²) in [5, 5.41) is 11.1. The summed E-state index contributed by atoms with van der Waals surface area (Å²) in [5.74, 6) is 0.216. The van der Waals surface area contributed by atoms with Gasteiger partial charge in [0.1, 0.15) is 5.75 Å². The fourth-order valence-corrected chi connectivity index (χ4v) is 3.01. The molecule has 0 amide bonds. The molecule has 0 aromatic heterocycles. The van der Waals surface area contributed by atoms with Gasteiger partial charge >= 0.3 is 0 Å². The molecule has 22 heavy (non-hydrogen) atoms. The molecule has 0 aliphatic rings. The fraction of sp³-hybridized carbons (Fsp3) is 0.143. The number of hydrogen-bond acceptors (Lipinski definition) is 5. The SMILES string of the molecule is COc1ccc(S(=O)(=O)NCc2ccccc2)c([N+](=O)[O-])c1. The first-order chi connectivity index (χ1) is 10.4. The Labute approximate surface area is 127 Å². The number of methoxy groups -OCH3 is 1. The third-order valence-corrected chi connectivity index (χ3v) is 4.41. The summed E-state index contributed by atoms with van der Waals surface area (Å²) < 4.78 is 31.8. The van der Waals surface area contributed by atoms with Crippen molar-refractivity contribution in [3.05, 3.63) is 64.2 Å². The highest BCUT2D eigenvalue weighted by Gasteiger charge is 2.26. The summed E-state index contributed by atoms with van der Waals surface area (Å²) in [6.07, 6.45) is 0. The quantitative estimate of drug-likeness (QED) is 0.648. The average Bonchev–Trinajstić information content (AvgIpc) is 2.53. The number of nitro groups is 1. The van der Waals surface area contributed by atoms with E-state index in [0.717, 1.165) is 17.7 Å². The number of ether oxygens (including phenoxy) is 1. The topological polar surface area (TPSA) is 98.5 Å². The Morgan fingerprint density at radius 1 is 1.18 bits per heavy atom. The first-order valence-corrected chi connectivity index (χ1v) is 7.78. The second-order valence-corrected chi connectivity index (χ2v) is 6.14. The van der Waals surface area contributed by atoms with E-state index in [1.807, 2.05) is 6.07 Å². The van der Waals surface area contributed by atoms with Crippen LogP contribution in [0.15, 0.2) is 53.4 Å². The van der Waals surface area contributed by atoms with Crippen LogP contribution in [0, 0.1) is 10.1 Å². The molecule has 0 saturated heterocycles. The summed E-state index contributed by atoms with van der Waals surface area (Å²) in [6, 6.07) is 12.5. The largest absolute Gasteiger partial charge is 0.497 e. The van der Waals surface area contributed by atoms with Crippen molar-refractivity contribution in [2.45, 2.75) is 11.4 Å². The Balaban J connectivity index is 2.31. The van der Waals surface area contributed by atoms with Gasteiger partial charge in [-0.2, -0.15) is 0 Å². The van der Waals surface area contributed by atoms with E-state index >= 15 is 0 Å². The zero-order valence-corrected chi connectivity index (χ0v) is 12.5. The molecule has 2 aromatic rings. The summed E-state index contributed by atoms with van der Waals surface area (Å²) in [5.41, 5.74) is 0.224. The molecule has 0 radical (unpaired) electrons. The highest BCUT2D eigenvalue weighted by atomic mass is 32.2. The smallest absolute Gasteiger partial charge is 0.293 e. The molecule has 0 bridgehead atoms. The van der Waals surface area contributed by atoms with E-state index in [1.165, 1.54) is 13.2 Å². The molecule has 0 atom stereocenters. The van der Waals surface area contributed by atoms with Gasteiger partial charge in [0.2, 0.25) is 10.0 Å². The number of nitro benzene ring substituents is 1. The van der Waals surface area contributed by atoms with Crippen molar-refractivity contribution in [3.63, 3.8) is 0 Å². The lowest BCUT2D eigenvalue weighted by Crippen LogP contribution is -2.24. The molecule has 0 saturated carbocycles. The van der Waals surface area contributed by atoms with Crippen molar-refractivity contribution in [1.82, 2.24) is 4.72 Å². The van der Waals surface area contributed by atoms with Crippen molar-refractivity contribution >= 4 is 15.7 Å². The van der Waals surface area contributed by atoms with Crippen LogP contribution in [0.25, 0.3) is 0 Å². The Bertz CT molecular complexity index is 775. The van der Waals surface area contributed by atoms with Gasteiger partial charge in [0.05, 0.1) is 18.1 Å². The van der Waals surface area contributed by atoms with Crippen molar-refractivity contribution < 1.29 is 18.1 Å². The van der Waals surface area contributed by atoms with Crippen LogP contribution >= 0.6 is 0 Å². The molecule has 0 aliphatic carbocycles. The zero-order valence-electron chi connectivity index (χ0n) is 11.7. The van der Waals surface area contributed by atoms with Crippen LogP contribution in [0.2, 0.25) is 0 Å².